The smallest absolute Gasteiger partial charge is 0.324 e. The van der Waals surface area contributed by atoms with E-state index >= 15 is 0 Å². The van der Waals surface area contributed by atoms with Crippen LogP contribution in [-0.4, -0.2) is 61.7 Å². The second kappa shape index (κ2) is 11.9. The summed E-state index contributed by atoms with van der Waals surface area (Å²) in [6.07, 6.45) is 12.0. The molecule has 1 aromatic heterocycles. The van der Waals surface area contributed by atoms with Crippen LogP contribution in [-0.2, 0) is 20.3 Å². The van der Waals surface area contributed by atoms with Gasteiger partial charge in [0.05, 0.1) is 23.1 Å². The number of nitrogens with zero attached hydrogens (tertiary/aromatic N) is 2. The fraction of sp³-hybridized carbons (Fsp3) is 0.762. The highest BCUT2D eigenvalue weighted by Gasteiger charge is 2.35. The number of nitrogens with one attached hydrogen (secondary N) is 1. The van der Waals surface area contributed by atoms with Gasteiger partial charge in [-0.15, -0.1) is 0 Å². The number of carbonyl (C=O) groups is 2. The van der Waals surface area contributed by atoms with Crippen LogP contribution in [0, 0.1) is 0 Å². The molecule has 0 aliphatic heterocycles. The average Bonchev–Trinajstić information content (AvgIpc) is 3.22. The Morgan fingerprint density at radius 1 is 1.19 bits per heavy atom. The molecule has 10 heteroatoms. The fourth-order valence-electron chi connectivity index (χ4n) is 4.53. The zero-order valence-electron chi connectivity index (χ0n) is 18.1. The van der Waals surface area contributed by atoms with Crippen molar-refractivity contribution >= 4 is 39.3 Å². The maximum atomic E-state index is 13.3. The van der Waals surface area contributed by atoms with Gasteiger partial charge < -0.3 is 14.7 Å². The van der Waals surface area contributed by atoms with Crippen LogP contribution in [0.2, 0.25) is 0 Å². The van der Waals surface area contributed by atoms with Crippen molar-refractivity contribution in [3.63, 3.8) is 0 Å². The molecule has 1 aromatic rings. The second-order valence-electron chi connectivity index (χ2n) is 8.30. The van der Waals surface area contributed by atoms with E-state index in [2.05, 4.69) is 17.2 Å². The Hall–Kier alpha value is -1.52. The molecule has 2 N–H and O–H groups in total. The lowest BCUT2D eigenvalue weighted by molar-refractivity contribution is -0.133. The van der Waals surface area contributed by atoms with Gasteiger partial charge in [-0.1, -0.05) is 37.5 Å². The summed E-state index contributed by atoms with van der Waals surface area (Å²) in [4.78, 5) is 30.3. The van der Waals surface area contributed by atoms with Crippen LogP contribution >= 0.6 is 11.3 Å². The highest BCUT2D eigenvalue weighted by molar-refractivity contribution is 7.88. The summed E-state index contributed by atoms with van der Waals surface area (Å²) in [7, 11) is -1.66. The predicted molar refractivity (Wildman–Crippen MR) is 121 cm³/mol. The Labute approximate surface area is 190 Å². The Balaban J connectivity index is 1.65. The van der Waals surface area contributed by atoms with Gasteiger partial charge in [0, 0.05) is 18.7 Å². The van der Waals surface area contributed by atoms with Gasteiger partial charge in [0.25, 0.3) is 0 Å². The molecule has 2 amide bonds. The number of ether oxygens (including phenoxy) is 1. The molecule has 0 spiro atoms. The van der Waals surface area contributed by atoms with Crippen molar-refractivity contribution in [2.75, 3.05) is 17.7 Å². The van der Waals surface area contributed by atoms with E-state index in [4.69, 9.17) is 9.84 Å². The molecule has 0 bridgehead atoms. The predicted octanol–water partition coefficient (Wildman–Crippen LogP) is 4.24. The number of aromatic nitrogens is 1. The summed E-state index contributed by atoms with van der Waals surface area (Å²) in [5.74, 6) is -1.59. The van der Waals surface area contributed by atoms with Crippen LogP contribution < -0.4 is 5.32 Å². The molecule has 1 heterocycles. The number of thiazole rings is 1. The monoisotopic (exact) mass is 471 g/mol. The van der Waals surface area contributed by atoms with Crippen molar-refractivity contribution in [3.8, 4) is 0 Å². The van der Waals surface area contributed by atoms with Gasteiger partial charge in [0.15, 0.2) is 5.13 Å². The van der Waals surface area contributed by atoms with Crippen LogP contribution in [0.15, 0.2) is 10.4 Å². The largest absolute Gasteiger partial charge is 0.481 e. The Bertz CT molecular complexity index is 758. The van der Waals surface area contributed by atoms with E-state index in [1.807, 2.05) is 4.90 Å². The zero-order chi connectivity index (χ0) is 22.2. The molecule has 2 saturated carbocycles. The van der Waals surface area contributed by atoms with Crippen molar-refractivity contribution in [1.29, 1.82) is 0 Å². The van der Waals surface area contributed by atoms with Crippen LogP contribution in [0.5, 0.6) is 0 Å². The minimum atomic E-state index is -1.66. The maximum absolute atomic E-state index is 13.3. The van der Waals surface area contributed by atoms with Crippen molar-refractivity contribution in [3.05, 3.63) is 6.20 Å². The maximum Gasteiger partial charge on any atom is 0.324 e. The Morgan fingerprint density at radius 2 is 1.87 bits per heavy atom. The van der Waals surface area contributed by atoms with Gasteiger partial charge in [-0.05, 0) is 44.9 Å². The molecule has 1 atom stereocenters. The summed E-state index contributed by atoms with van der Waals surface area (Å²) in [6.45, 7) is 2.90. The van der Waals surface area contributed by atoms with Crippen LogP contribution in [0.4, 0.5) is 9.93 Å². The van der Waals surface area contributed by atoms with E-state index in [1.54, 1.807) is 0 Å². The van der Waals surface area contributed by atoms with E-state index in [-0.39, 0.29) is 18.1 Å². The third kappa shape index (κ3) is 6.98. The van der Waals surface area contributed by atoms with E-state index < -0.39 is 22.5 Å². The van der Waals surface area contributed by atoms with Gasteiger partial charge in [0.1, 0.15) is 9.96 Å². The van der Waals surface area contributed by atoms with E-state index in [0.717, 1.165) is 75.7 Å². The molecule has 3 rings (SSSR count). The van der Waals surface area contributed by atoms with Gasteiger partial charge >= 0.3 is 12.0 Å². The summed E-state index contributed by atoms with van der Waals surface area (Å²) in [5, 5.41) is 12.1. The molecule has 174 valence electrons. The lowest BCUT2D eigenvalue weighted by atomic mass is 9.88. The third-order valence-corrected chi connectivity index (χ3v) is 8.55. The molecular weight excluding hydrogens is 438 g/mol. The van der Waals surface area contributed by atoms with E-state index in [0.29, 0.717) is 15.4 Å². The number of carboxylic acids is 1. The number of hydrogen-bond acceptors (Lipinski definition) is 6. The van der Waals surface area contributed by atoms with Crippen molar-refractivity contribution in [2.45, 2.75) is 93.5 Å². The minimum absolute atomic E-state index is 0.158. The van der Waals surface area contributed by atoms with E-state index in [1.165, 1.54) is 12.6 Å². The number of hydrogen-bond donors (Lipinski definition) is 2. The van der Waals surface area contributed by atoms with Crippen LogP contribution in [0.1, 0.15) is 71.1 Å². The van der Waals surface area contributed by atoms with Gasteiger partial charge in [-0.2, -0.15) is 0 Å². The highest BCUT2D eigenvalue weighted by atomic mass is 32.2. The third-order valence-electron chi connectivity index (χ3n) is 5.97. The zero-order valence-corrected chi connectivity index (χ0v) is 19.7. The lowest BCUT2D eigenvalue weighted by Gasteiger charge is -2.42. The van der Waals surface area contributed by atoms with Crippen molar-refractivity contribution in [2.24, 2.45) is 0 Å². The molecule has 2 aliphatic carbocycles. The molecule has 31 heavy (non-hydrogen) atoms. The number of amides is 2. The summed E-state index contributed by atoms with van der Waals surface area (Å²) in [6, 6.07) is 0.257. The fourth-order valence-corrected chi connectivity index (χ4v) is 6.39. The molecular formula is C21H33N3O5S2. The quantitative estimate of drug-likeness (QED) is 0.558. The first-order valence-corrected chi connectivity index (χ1v) is 13.4. The molecule has 2 aliphatic rings. The number of carbonyl (C=O) groups excluding carboxylic acids is 1. The highest BCUT2D eigenvalue weighted by Crippen LogP contribution is 2.32. The SMILES string of the molecule is CCCOC1CCC(N(C(=O)Nc2ncc([S@@](=O)CC(=O)O)s2)C2CCCCC2)CC1. The molecule has 0 saturated heterocycles. The Kier molecular flexibility index (Phi) is 9.28. The minimum Gasteiger partial charge on any atom is -0.481 e. The van der Waals surface area contributed by atoms with Crippen LogP contribution in [0.3, 0.4) is 0 Å². The first kappa shape index (κ1) is 24.1. The first-order chi connectivity index (χ1) is 15.0. The van der Waals surface area contributed by atoms with Gasteiger partial charge in [-0.3, -0.25) is 14.3 Å². The summed E-state index contributed by atoms with van der Waals surface area (Å²) in [5.41, 5.74) is 0. The standard InChI is InChI=1S/C21H33N3O5S2/c1-2-12-29-17-10-8-16(9-11-17)24(15-6-4-3-5-7-15)21(27)23-20-22-13-19(30-20)31(28)14-18(25)26/h13,15-17H,2-12,14H2,1H3,(H,25,26)(H,22,23,27)/t16?,17?,31-/m0/s1. The molecule has 0 radical (unpaired) electrons. The summed E-state index contributed by atoms with van der Waals surface area (Å²) >= 11 is 1.08. The second-order valence-corrected chi connectivity index (χ2v) is 11.0. The van der Waals surface area contributed by atoms with Crippen molar-refractivity contribution in [1.82, 2.24) is 9.88 Å². The molecule has 0 unspecified atom stereocenters. The van der Waals surface area contributed by atoms with Gasteiger partial charge in [0.2, 0.25) is 0 Å². The lowest BCUT2D eigenvalue weighted by Crippen LogP contribution is -2.51. The molecule has 0 aromatic carbocycles. The summed E-state index contributed by atoms with van der Waals surface area (Å²) < 4.78 is 18.3. The number of aliphatic carboxylic acids is 1. The van der Waals surface area contributed by atoms with Crippen LogP contribution in [0.25, 0.3) is 0 Å². The molecule has 2 fully saturated rings. The number of carboxylic acid groups (broad SMARTS) is 1. The average molecular weight is 472 g/mol. The number of urea groups is 1. The number of rotatable bonds is 9. The Morgan fingerprint density at radius 3 is 2.52 bits per heavy atom. The normalized spacial score (nSPS) is 23.3. The molecule has 8 nitrogen and oxygen atoms in total. The van der Waals surface area contributed by atoms with E-state index in [9.17, 15) is 13.8 Å². The van der Waals surface area contributed by atoms with Crippen molar-refractivity contribution < 1.29 is 23.6 Å². The topological polar surface area (TPSA) is 109 Å². The first-order valence-electron chi connectivity index (χ1n) is 11.2. The van der Waals surface area contributed by atoms with Gasteiger partial charge in [-0.25, -0.2) is 9.78 Å². The number of anilines is 1.